The Labute approximate surface area is 180 Å². The third kappa shape index (κ3) is 3.20. The van der Waals surface area contributed by atoms with Crippen molar-refractivity contribution in [2.75, 3.05) is 0 Å². The van der Waals surface area contributed by atoms with Crippen LogP contribution in [-0.4, -0.2) is 19.9 Å². The van der Waals surface area contributed by atoms with Gasteiger partial charge in [-0.05, 0) is 60.0 Å². The molecule has 0 saturated carbocycles. The minimum Gasteiger partial charge on any atom is -0.343 e. The third-order valence-corrected chi connectivity index (χ3v) is 5.91. The van der Waals surface area contributed by atoms with Gasteiger partial charge in [0.05, 0.1) is 28.9 Å². The van der Waals surface area contributed by atoms with E-state index in [-0.39, 0.29) is 0 Å². The van der Waals surface area contributed by atoms with Gasteiger partial charge in [-0.3, -0.25) is 9.97 Å². The molecule has 2 N–H and O–H groups in total. The summed E-state index contributed by atoms with van der Waals surface area (Å²) in [6.07, 6.45) is 3.69. The summed E-state index contributed by atoms with van der Waals surface area (Å²) in [5.41, 5.74) is 10.8. The van der Waals surface area contributed by atoms with E-state index in [0.717, 1.165) is 57.9 Å². The van der Waals surface area contributed by atoms with E-state index in [9.17, 15) is 0 Å². The van der Waals surface area contributed by atoms with E-state index in [1.165, 1.54) is 16.7 Å². The molecular weight excluding hydrogens is 382 g/mol. The first-order valence-electron chi connectivity index (χ1n) is 10.4. The SMILES string of the molecule is Cc1cccc(-c2[nH]cnc2-c2ccc3ncc(-c4ccc5c(c4)CNC5)cc3c2)n1. The number of rotatable bonds is 3. The zero-order chi connectivity index (χ0) is 20.8. The van der Waals surface area contributed by atoms with Crippen LogP contribution in [0, 0.1) is 6.92 Å². The van der Waals surface area contributed by atoms with Crippen LogP contribution in [0.4, 0.5) is 0 Å². The lowest BCUT2D eigenvalue weighted by molar-refractivity contribution is 0.765. The van der Waals surface area contributed by atoms with E-state index in [1.807, 2.05) is 31.3 Å². The van der Waals surface area contributed by atoms with Crippen molar-refractivity contribution in [1.29, 1.82) is 0 Å². The minimum atomic E-state index is 0.895. The highest BCUT2D eigenvalue weighted by molar-refractivity contribution is 5.89. The quantitative estimate of drug-likeness (QED) is 0.431. The van der Waals surface area contributed by atoms with Crippen molar-refractivity contribution in [3.05, 3.63) is 90.0 Å². The standard InChI is InChI=1S/C26H21N5/c1-16-3-2-4-24(31-16)26-25(29-15-30-26)18-7-8-23-20(10-18)11-22(14-28-23)17-5-6-19-12-27-13-21(19)9-17/h2-11,14-15,27H,12-13H2,1H3,(H,29,30). The molecule has 0 spiro atoms. The molecule has 0 fully saturated rings. The molecule has 0 aliphatic carbocycles. The largest absolute Gasteiger partial charge is 0.343 e. The smallest absolute Gasteiger partial charge is 0.0977 e. The van der Waals surface area contributed by atoms with Gasteiger partial charge in [-0.15, -0.1) is 0 Å². The second-order valence-corrected chi connectivity index (χ2v) is 8.01. The van der Waals surface area contributed by atoms with E-state index < -0.39 is 0 Å². The predicted octanol–water partition coefficient (Wildman–Crippen LogP) is 5.27. The van der Waals surface area contributed by atoms with Gasteiger partial charge in [0.1, 0.15) is 0 Å². The highest BCUT2D eigenvalue weighted by Gasteiger charge is 2.14. The third-order valence-electron chi connectivity index (χ3n) is 5.91. The first-order chi connectivity index (χ1) is 15.2. The van der Waals surface area contributed by atoms with Crippen molar-refractivity contribution < 1.29 is 0 Å². The lowest BCUT2D eigenvalue weighted by Crippen LogP contribution is -1.99. The van der Waals surface area contributed by atoms with E-state index in [0.29, 0.717) is 0 Å². The number of imidazole rings is 1. The van der Waals surface area contributed by atoms with E-state index >= 15 is 0 Å². The van der Waals surface area contributed by atoms with Gasteiger partial charge < -0.3 is 10.3 Å². The molecule has 0 saturated heterocycles. The van der Waals surface area contributed by atoms with Gasteiger partial charge in [0.15, 0.2) is 0 Å². The van der Waals surface area contributed by atoms with Crippen LogP contribution in [0.3, 0.4) is 0 Å². The molecule has 0 atom stereocenters. The normalized spacial score (nSPS) is 12.9. The minimum absolute atomic E-state index is 0.895. The molecule has 6 rings (SSSR count). The molecule has 3 aromatic heterocycles. The molecule has 31 heavy (non-hydrogen) atoms. The second kappa shape index (κ2) is 7.15. The number of fused-ring (bicyclic) bond motifs is 2. The molecule has 5 nitrogen and oxygen atoms in total. The Hall–Kier alpha value is -3.83. The van der Waals surface area contributed by atoms with E-state index in [1.54, 1.807) is 6.33 Å². The molecule has 5 aromatic rings. The van der Waals surface area contributed by atoms with Crippen LogP contribution >= 0.6 is 0 Å². The molecule has 0 radical (unpaired) electrons. The molecular formula is C26H21N5. The van der Waals surface area contributed by atoms with Gasteiger partial charge in [0.25, 0.3) is 0 Å². The summed E-state index contributed by atoms with van der Waals surface area (Å²) in [5.74, 6) is 0. The molecule has 0 bridgehead atoms. The number of aromatic nitrogens is 4. The number of hydrogen-bond donors (Lipinski definition) is 2. The maximum Gasteiger partial charge on any atom is 0.0977 e. The monoisotopic (exact) mass is 403 g/mol. The maximum atomic E-state index is 4.71. The van der Waals surface area contributed by atoms with Gasteiger partial charge in [-0.2, -0.15) is 0 Å². The van der Waals surface area contributed by atoms with Crippen molar-refractivity contribution >= 4 is 10.9 Å². The fourth-order valence-electron chi connectivity index (χ4n) is 4.30. The van der Waals surface area contributed by atoms with Crippen LogP contribution in [-0.2, 0) is 13.1 Å². The van der Waals surface area contributed by atoms with Crippen molar-refractivity contribution in [2.24, 2.45) is 0 Å². The number of nitrogens with one attached hydrogen (secondary N) is 2. The molecule has 0 amide bonds. The highest BCUT2D eigenvalue weighted by atomic mass is 14.9. The molecule has 4 heterocycles. The number of aromatic amines is 1. The van der Waals surface area contributed by atoms with Crippen LogP contribution < -0.4 is 5.32 Å². The lowest BCUT2D eigenvalue weighted by atomic mass is 9.99. The first kappa shape index (κ1) is 18.0. The Morgan fingerprint density at radius 1 is 0.806 bits per heavy atom. The van der Waals surface area contributed by atoms with Crippen molar-refractivity contribution in [2.45, 2.75) is 20.0 Å². The topological polar surface area (TPSA) is 66.5 Å². The van der Waals surface area contributed by atoms with Crippen LogP contribution in [0.1, 0.15) is 16.8 Å². The van der Waals surface area contributed by atoms with Gasteiger partial charge in [0, 0.05) is 41.5 Å². The van der Waals surface area contributed by atoms with Crippen molar-refractivity contribution in [1.82, 2.24) is 25.3 Å². The number of nitrogens with zero attached hydrogens (tertiary/aromatic N) is 3. The summed E-state index contributed by atoms with van der Waals surface area (Å²) >= 11 is 0. The Morgan fingerprint density at radius 3 is 2.61 bits per heavy atom. The molecule has 2 aromatic carbocycles. The average Bonchev–Trinajstić information content (AvgIpc) is 3.47. The zero-order valence-electron chi connectivity index (χ0n) is 17.2. The highest BCUT2D eigenvalue weighted by Crippen LogP contribution is 2.32. The number of hydrogen-bond acceptors (Lipinski definition) is 4. The van der Waals surface area contributed by atoms with Crippen molar-refractivity contribution in [3.8, 4) is 33.8 Å². The molecule has 1 aliphatic heterocycles. The van der Waals surface area contributed by atoms with Gasteiger partial charge in [-0.1, -0.05) is 24.3 Å². The Balaban J connectivity index is 1.43. The number of benzene rings is 2. The van der Waals surface area contributed by atoms with E-state index in [4.69, 9.17) is 4.98 Å². The average molecular weight is 403 g/mol. The van der Waals surface area contributed by atoms with Crippen LogP contribution in [0.2, 0.25) is 0 Å². The van der Waals surface area contributed by atoms with Crippen LogP contribution in [0.5, 0.6) is 0 Å². The summed E-state index contributed by atoms with van der Waals surface area (Å²) in [5, 5.41) is 4.51. The second-order valence-electron chi connectivity index (χ2n) is 8.01. The summed E-state index contributed by atoms with van der Waals surface area (Å²) < 4.78 is 0. The van der Waals surface area contributed by atoms with Crippen molar-refractivity contribution in [3.63, 3.8) is 0 Å². The zero-order valence-corrected chi connectivity index (χ0v) is 17.2. The lowest BCUT2D eigenvalue weighted by Gasteiger charge is -2.08. The van der Waals surface area contributed by atoms with Gasteiger partial charge >= 0.3 is 0 Å². The summed E-state index contributed by atoms with van der Waals surface area (Å²) in [6, 6.07) is 21.2. The Bertz CT molecular complexity index is 1430. The Morgan fingerprint density at radius 2 is 1.68 bits per heavy atom. The maximum absolute atomic E-state index is 4.71. The van der Waals surface area contributed by atoms with E-state index in [2.05, 4.69) is 62.7 Å². The molecule has 5 heteroatoms. The first-order valence-corrected chi connectivity index (χ1v) is 10.4. The fourth-order valence-corrected chi connectivity index (χ4v) is 4.30. The summed E-state index contributed by atoms with van der Waals surface area (Å²) in [4.78, 5) is 17.2. The number of pyridine rings is 2. The molecule has 1 aliphatic rings. The molecule has 0 unspecified atom stereocenters. The van der Waals surface area contributed by atoms with Crippen LogP contribution in [0.25, 0.3) is 44.7 Å². The molecule has 150 valence electrons. The number of H-pyrrole nitrogens is 1. The summed E-state index contributed by atoms with van der Waals surface area (Å²) in [7, 11) is 0. The van der Waals surface area contributed by atoms with Gasteiger partial charge in [0.2, 0.25) is 0 Å². The van der Waals surface area contributed by atoms with Gasteiger partial charge in [-0.25, -0.2) is 4.98 Å². The fraction of sp³-hybridized carbons (Fsp3) is 0.115. The predicted molar refractivity (Wildman–Crippen MR) is 123 cm³/mol. The Kier molecular flexibility index (Phi) is 4.14. The summed E-state index contributed by atoms with van der Waals surface area (Å²) in [6.45, 7) is 3.89. The van der Waals surface area contributed by atoms with Crippen LogP contribution in [0.15, 0.2) is 73.2 Å². The number of aryl methyl sites for hydroxylation is 1.